The Labute approximate surface area is 445 Å². The molecular formula is C56H65ClF6N8O5. The van der Waals surface area contributed by atoms with Gasteiger partial charge in [-0.3, -0.25) is 4.79 Å². The third-order valence-corrected chi connectivity index (χ3v) is 14.5. The van der Waals surface area contributed by atoms with Gasteiger partial charge in [0.1, 0.15) is 28.8 Å². The van der Waals surface area contributed by atoms with Gasteiger partial charge in [0.15, 0.2) is 5.69 Å². The molecule has 0 radical (unpaired) electrons. The summed E-state index contributed by atoms with van der Waals surface area (Å²) in [6.07, 6.45) is -1.58. The molecule has 4 aliphatic heterocycles. The number of fused-ring (bicyclic) bond motifs is 2. The summed E-state index contributed by atoms with van der Waals surface area (Å²) in [4.78, 5) is 38.7. The molecule has 408 valence electrons. The summed E-state index contributed by atoms with van der Waals surface area (Å²) in [5.41, 5.74) is 7.58. The lowest BCUT2D eigenvalue weighted by Crippen LogP contribution is -2.49. The lowest BCUT2D eigenvalue weighted by molar-refractivity contribution is -0.138. The fraction of sp³-hybridized carbons (Fsp3) is 0.429. The summed E-state index contributed by atoms with van der Waals surface area (Å²) in [5, 5.41) is 12.2. The molecule has 6 aromatic rings. The number of methoxy groups -OCH3 is 2. The van der Waals surface area contributed by atoms with E-state index < -0.39 is 29.4 Å². The normalized spacial score (nSPS) is 17.4. The molecule has 13 nitrogen and oxygen atoms in total. The van der Waals surface area contributed by atoms with Gasteiger partial charge in [0, 0.05) is 114 Å². The molecule has 2 aromatic heterocycles. The summed E-state index contributed by atoms with van der Waals surface area (Å²) in [6, 6.07) is 19.6. The van der Waals surface area contributed by atoms with E-state index in [1.165, 1.54) is 35.4 Å². The minimum absolute atomic E-state index is 0. The summed E-state index contributed by atoms with van der Waals surface area (Å²) in [5.74, 6) is 3.28. The Kier molecular flexibility index (Phi) is 18.1. The SMILES string of the molecule is COc1c(C)cc(C2CCc3nc(C(=O)N4CCN(c5cccc(C(F)(F)F)c5)CC4)cn3C2)cc1C.COc1c(C)cc(C2CCc3nc(C(=O)O)cn3C2)cc1C.Cl.FC(F)(F)c1cccc(N2CCNCC2)c1. The van der Waals surface area contributed by atoms with Crippen molar-refractivity contribution in [3.05, 3.63) is 153 Å². The van der Waals surface area contributed by atoms with Gasteiger partial charge in [0.2, 0.25) is 0 Å². The largest absolute Gasteiger partial charge is 0.496 e. The number of nitrogens with zero attached hydrogens (tertiary/aromatic N) is 7. The van der Waals surface area contributed by atoms with E-state index in [0.29, 0.717) is 55.1 Å². The van der Waals surface area contributed by atoms with Gasteiger partial charge in [-0.1, -0.05) is 36.4 Å². The molecule has 2 unspecified atom stereocenters. The van der Waals surface area contributed by atoms with Crippen LogP contribution in [0.4, 0.5) is 37.7 Å². The number of piperazine rings is 2. The number of carbonyl (C=O) groups excluding carboxylic acids is 1. The number of nitrogens with one attached hydrogen (secondary N) is 1. The van der Waals surface area contributed by atoms with Crippen LogP contribution in [-0.2, 0) is 38.3 Å². The number of alkyl halides is 6. The highest BCUT2D eigenvalue weighted by atomic mass is 35.5. The number of carboxylic acid groups (broad SMARTS) is 1. The first-order valence-electron chi connectivity index (χ1n) is 25.2. The highest BCUT2D eigenvalue weighted by Gasteiger charge is 2.33. The van der Waals surface area contributed by atoms with Crippen molar-refractivity contribution in [1.82, 2.24) is 29.3 Å². The second-order valence-corrected chi connectivity index (χ2v) is 19.7. The summed E-state index contributed by atoms with van der Waals surface area (Å²) in [7, 11) is 3.39. The Morgan fingerprint density at radius 2 is 1.01 bits per heavy atom. The maximum atomic E-state index is 13.2. The number of aromatic carboxylic acids is 1. The molecule has 0 bridgehead atoms. The predicted molar refractivity (Wildman–Crippen MR) is 282 cm³/mol. The van der Waals surface area contributed by atoms with E-state index in [1.807, 2.05) is 20.6 Å². The number of anilines is 2. The Hall–Kier alpha value is -6.73. The molecule has 0 aliphatic carbocycles. The third-order valence-electron chi connectivity index (χ3n) is 14.5. The van der Waals surface area contributed by atoms with Crippen LogP contribution in [0.15, 0.2) is 85.2 Å². The van der Waals surface area contributed by atoms with Crippen LogP contribution in [0.25, 0.3) is 0 Å². The number of rotatable bonds is 8. The van der Waals surface area contributed by atoms with Crippen molar-refractivity contribution in [3.8, 4) is 11.5 Å². The van der Waals surface area contributed by atoms with E-state index in [9.17, 15) is 35.9 Å². The second kappa shape index (κ2) is 24.1. The number of imidazole rings is 2. The number of carbonyl (C=O) groups is 2. The maximum Gasteiger partial charge on any atom is 0.416 e. The van der Waals surface area contributed by atoms with Gasteiger partial charge in [-0.2, -0.15) is 26.3 Å². The first kappa shape index (κ1) is 57.0. The molecule has 4 aliphatic rings. The molecule has 20 heteroatoms. The molecule has 0 saturated carbocycles. The van der Waals surface area contributed by atoms with E-state index in [-0.39, 0.29) is 24.0 Å². The van der Waals surface area contributed by atoms with Crippen LogP contribution in [0.5, 0.6) is 11.5 Å². The number of hydrogen-bond acceptors (Lipinski definition) is 9. The molecule has 0 spiro atoms. The Balaban J connectivity index is 0.000000182. The van der Waals surface area contributed by atoms with E-state index >= 15 is 0 Å². The van der Waals surface area contributed by atoms with Gasteiger partial charge in [-0.05, 0) is 110 Å². The van der Waals surface area contributed by atoms with E-state index in [4.69, 9.17) is 14.6 Å². The van der Waals surface area contributed by atoms with Gasteiger partial charge in [0.25, 0.3) is 5.91 Å². The predicted octanol–water partition coefficient (Wildman–Crippen LogP) is 10.7. The lowest BCUT2D eigenvalue weighted by Gasteiger charge is -2.36. The van der Waals surface area contributed by atoms with Crippen LogP contribution in [0.3, 0.4) is 0 Å². The van der Waals surface area contributed by atoms with Crippen LogP contribution in [0, 0.1) is 27.7 Å². The summed E-state index contributed by atoms with van der Waals surface area (Å²) in [6.45, 7) is 14.7. The molecular weight excluding hydrogens is 1010 g/mol. The fourth-order valence-corrected chi connectivity index (χ4v) is 10.7. The van der Waals surface area contributed by atoms with Crippen molar-refractivity contribution in [1.29, 1.82) is 0 Å². The first-order chi connectivity index (χ1) is 35.7. The zero-order valence-corrected chi connectivity index (χ0v) is 44.3. The molecule has 76 heavy (non-hydrogen) atoms. The van der Waals surface area contributed by atoms with Gasteiger partial charge in [-0.25, -0.2) is 14.8 Å². The number of ether oxygens (including phenoxy) is 2. The monoisotopic (exact) mass is 1080 g/mol. The highest BCUT2D eigenvalue weighted by molar-refractivity contribution is 5.92. The molecule has 2 saturated heterocycles. The van der Waals surface area contributed by atoms with Crippen molar-refractivity contribution in [2.45, 2.75) is 90.7 Å². The van der Waals surface area contributed by atoms with Gasteiger partial charge >= 0.3 is 18.3 Å². The lowest BCUT2D eigenvalue weighted by atomic mass is 9.89. The first-order valence-corrected chi connectivity index (χ1v) is 25.2. The fourth-order valence-electron chi connectivity index (χ4n) is 10.7. The van der Waals surface area contributed by atoms with Crippen LogP contribution in [-0.4, -0.2) is 108 Å². The van der Waals surface area contributed by atoms with Crippen LogP contribution < -0.4 is 24.6 Å². The topological polar surface area (TPSA) is 130 Å². The van der Waals surface area contributed by atoms with Crippen molar-refractivity contribution in [2.75, 3.05) is 76.4 Å². The van der Waals surface area contributed by atoms with E-state index in [0.717, 1.165) is 122 Å². The van der Waals surface area contributed by atoms with Crippen molar-refractivity contribution in [2.24, 2.45) is 0 Å². The van der Waals surface area contributed by atoms with Crippen LogP contribution in [0.2, 0.25) is 0 Å². The molecule has 1 amide bonds. The Morgan fingerprint density at radius 3 is 1.42 bits per heavy atom. The van der Waals surface area contributed by atoms with E-state index in [1.54, 1.807) is 37.4 Å². The second-order valence-electron chi connectivity index (χ2n) is 19.7. The Bertz CT molecular complexity index is 2950. The zero-order valence-electron chi connectivity index (χ0n) is 43.5. The van der Waals surface area contributed by atoms with E-state index in [2.05, 4.69) is 71.8 Å². The summed E-state index contributed by atoms with van der Waals surface area (Å²) >= 11 is 0. The minimum atomic E-state index is -4.38. The average molecular weight is 1080 g/mol. The number of carboxylic acids is 1. The smallest absolute Gasteiger partial charge is 0.416 e. The molecule has 2 atom stereocenters. The average Bonchev–Trinajstić information content (AvgIpc) is 4.04. The quantitative estimate of drug-likeness (QED) is 0.142. The Morgan fingerprint density at radius 1 is 0.605 bits per heavy atom. The minimum Gasteiger partial charge on any atom is -0.496 e. The number of benzene rings is 4. The molecule has 2 N–H and O–H groups in total. The number of halogens is 7. The molecule has 6 heterocycles. The maximum absolute atomic E-state index is 13.2. The van der Waals surface area contributed by atoms with Crippen LogP contribution in [0.1, 0.15) is 102 Å². The number of amides is 1. The van der Waals surface area contributed by atoms with Gasteiger partial charge in [-0.15, -0.1) is 12.4 Å². The molecule has 2 fully saturated rings. The third kappa shape index (κ3) is 13.3. The van der Waals surface area contributed by atoms with Crippen LogP contribution >= 0.6 is 12.4 Å². The summed E-state index contributed by atoms with van der Waals surface area (Å²) < 4.78 is 91.8. The number of hydrogen-bond donors (Lipinski definition) is 2. The standard InChI is InChI=1S/C28H31F3N4O2.C17H20N2O3.C11H13F3N2.ClH/c1-18-13-21(14-19(2)26(18)37-3)20-7-8-25-32-24(17-35(25)16-20)27(36)34-11-9-33(10-12-34)23-6-4-5-22(15-23)28(29,30)31;1-10-6-13(7-11(2)16(10)22-3)12-4-5-15-18-14(17(20)21)9-19(15)8-12;12-11(13,14)9-2-1-3-10(8-9)16-6-4-15-5-7-16;/h4-6,13-15,17,20H,7-12,16H2,1-3H3;6-7,9,12H,4-5,8H2,1-3H3,(H,20,21);1-3,8,15H,4-7H2;1H. The molecule has 10 rings (SSSR count). The highest BCUT2D eigenvalue weighted by Crippen LogP contribution is 2.37. The molecule has 4 aromatic carbocycles. The number of aromatic nitrogens is 4. The van der Waals surface area contributed by atoms with Crippen molar-refractivity contribution < 1.29 is 50.5 Å². The van der Waals surface area contributed by atoms with Gasteiger partial charge in [0.05, 0.1) is 25.3 Å². The van der Waals surface area contributed by atoms with Crippen molar-refractivity contribution in [3.63, 3.8) is 0 Å². The zero-order chi connectivity index (χ0) is 53.8. The van der Waals surface area contributed by atoms with Gasteiger partial charge < -0.3 is 43.7 Å². The number of aryl methyl sites for hydroxylation is 6. The van der Waals surface area contributed by atoms with Crippen molar-refractivity contribution >= 4 is 35.7 Å².